The largest absolute Gasteiger partial charge is 0.493 e. The Morgan fingerprint density at radius 3 is 2.65 bits per heavy atom. The molecule has 0 unspecified atom stereocenters. The lowest BCUT2D eigenvalue weighted by Crippen LogP contribution is -2.23. The van der Waals surface area contributed by atoms with Gasteiger partial charge < -0.3 is 9.15 Å². The maximum Gasteiger partial charge on any atom is 0.241 e. The van der Waals surface area contributed by atoms with Crippen LogP contribution in [0.3, 0.4) is 0 Å². The highest BCUT2D eigenvalue weighted by Crippen LogP contribution is 2.33. The van der Waals surface area contributed by atoms with E-state index in [2.05, 4.69) is 4.72 Å². The molecule has 0 aliphatic rings. The summed E-state index contributed by atoms with van der Waals surface area (Å²) < 4.78 is 37.2. The Morgan fingerprint density at radius 1 is 1.40 bits per heavy atom. The third-order valence-corrected chi connectivity index (χ3v) is 4.40. The Bertz CT molecular complexity index is 760. The summed E-state index contributed by atoms with van der Waals surface area (Å²) in [5.41, 5.74) is 0.247. The van der Waals surface area contributed by atoms with Gasteiger partial charge in [0.15, 0.2) is 22.9 Å². The quantitative estimate of drug-likeness (QED) is 0.852. The van der Waals surface area contributed by atoms with Gasteiger partial charge in [-0.2, -0.15) is 0 Å². The lowest BCUT2D eigenvalue weighted by Gasteiger charge is -2.07. The van der Waals surface area contributed by atoms with Crippen LogP contribution in [0.25, 0.3) is 11.0 Å². The highest BCUT2D eigenvalue weighted by atomic mass is 32.2. The van der Waals surface area contributed by atoms with E-state index in [4.69, 9.17) is 9.15 Å². The molecule has 1 heterocycles. The highest BCUT2D eigenvalue weighted by Gasteiger charge is 2.22. The fraction of sp³-hybridized carbons (Fsp3) is 0.308. The first-order valence-electron chi connectivity index (χ1n) is 6.02. The van der Waals surface area contributed by atoms with Gasteiger partial charge in [-0.3, -0.25) is 4.79 Å². The van der Waals surface area contributed by atoms with Gasteiger partial charge in [-0.05, 0) is 18.2 Å². The van der Waals surface area contributed by atoms with Crippen LogP contribution in [0.5, 0.6) is 5.75 Å². The number of hydrogen-bond donors (Lipinski definition) is 1. The van der Waals surface area contributed by atoms with Gasteiger partial charge >= 0.3 is 0 Å². The fourth-order valence-corrected chi connectivity index (χ4v) is 3.13. The number of ether oxygens (including phenoxy) is 1. The zero-order chi connectivity index (χ0) is 14.9. The summed E-state index contributed by atoms with van der Waals surface area (Å²) in [7, 11) is -2.20. The van der Waals surface area contributed by atoms with Crippen LogP contribution in [0.4, 0.5) is 0 Å². The van der Waals surface area contributed by atoms with Gasteiger partial charge in [-0.15, -0.1) is 0 Å². The second kappa shape index (κ2) is 5.26. The van der Waals surface area contributed by atoms with E-state index in [0.29, 0.717) is 11.1 Å². The molecule has 0 fully saturated rings. The molecule has 0 atom stereocenters. The maximum atomic E-state index is 12.1. The Balaban J connectivity index is 2.78. The summed E-state index contributed by atoms with van der Waals surface area (Å²) in [5.74, 6) is 0.190. The molecule has 0 saturated carbocycles. The van der Waals surface area contributed by atoms with Gasteiger partial charge in [-0.25, -0.2) is 13.1 Å². The van der Waals surface area contributed by atoms with Crippen molar-refractivity contribution >= 4 is 26.8 Å². The van der Waals surface area contributed by atoms with Crippen molar-refractivity contribution in [3.05, 3.63) is 24.0 Å². The average molecular weight is 297 g/mol. The van der Waals surface area contributed by atoms with Crippen LogP contribution < -0.4 is 9.46 Å². The molecule has 0 radical (unpaired) electrons. The van der Waals surface area contributed by atoms with E-state index in [1.165, 1.54) is 32.2 Å². The van der Waals surface area contributed by atoms with Crippen molar-refractivity contribution in [1.29, 1.82) is 0 Å². The molecule has 2 aromatic rings. The molecular weight excluding hydrogens is 282 g/mol. The molecule has 0 aliphatic carbocycles. The van der Waals surface area contributed by atoms with Crippen molar-refractivity contribution in [3.63, 3.8) is 0 Å². The number of carbonyl (C=O) groups is 1. The van der Waals surface area contributed by atoms with E-state index in [9.17, 15) is 13.2 Å². The number of hydrogen-bond acceptors (Lipinski definition) is 5. The third-order valence-electron chi connectivity index (χ3n) is 2.80. The van der Waals surface area contributed by atoms with Crippen molar-refractivity contribution in [2.24, 2.45) is 0 Å². The molecule has 1 N–H and O–H groups in total. The Labute approximate surface area is 116 Å². The summed E-state index contributed by atoms with van der Waals surface area (Å²) in [6, 6.07) is 4.35. The summed E-state index contributed by atoms with van der Waals surface area (Å²) in [6.45, 7) is 3.31. The molecule has 6 nitrogen and oxygen atoms in total. The van der Waals surface area contributed by atoms with Crippen molar-refractivity contribution < 1.29 is 22.4 Å². The van der Waals surface area contributed by atoms with Gasteiger partial charge in [-0.1, -0.05) is 6.92 Å². The van der Waals surface area contributed by atoms with E-state index >= 15 is 0 Å². The number of rotatable bonds is 5. The van der Waals surface area contributed by atoms with Gasteiger partial charge in [0.25, 0.3) is 0 Å². The summed E-state index contributed by atoms with van der Waals surface area (Å²) in [6.07, 6.45) is 0. The molecule has 1 aromatic carbocycles. The molecule has 0 amide bonds. The minimum atomic E-state index is -3.65. The zero-order valence-electron chi connectivity index (χ0n) is 11.4. The fourth-order valence-electron chi connectivity index (χ4n) is 1.91. The monoisotopic (exact) mass is 297 g/mol. The van der Waals surface area contributed by atoms with Crippen LogP contribution in [0.15, 0.2) is 27.5 Å². The molecule has 1 aromatic heterocycles. The van der Waals surface area contributed by atoms with Crippen LogP contribution in [0.1, 0.15) is 24.4 Å². The predicted octanol–water partition coefficient (Wildman–Crippen LogP) is 1.94. The third kappa shape index (κ3) is 2.41. The molecule has 7 heteroatoms. The molecule has 0 bridgehead atoms. The maximum absolute atomic E-state index is 12.1. The predicted molar refractivity (Wildman–Crippen MR) is 73.6 cm³/mol. The number of fused-ring (bicyclic) bond motifs is 1. The van der Waals surface area contributed by atoms with Gasteiger partial charge in [0.1, 0.15) is 0 Å². The number of methoxy groups -OCH3 is 1. The van der Waals surface area contributed by atoms with Crippen molar-refractivity contribution in [1.82, 2.24) is 4.72 Å². The second-order valence-corrected chi connectivity index (χ2v) is 5.91. The first-order valence-corrected chi connectivity index (χ1v) is 7.50. The Kier molecular flexibility index (Phi) is 3.82. The molecule has 0 saturated heterocycles. The molecular formula is C13H15NO5S. The van der Waals surface area contributed by atoms with E-state index in [1.54, 1.807) is 6.92 Å². The van der Waals surface area contributed by atoms with Crippen molar-refractivity contribution in [2.75, 3.05) is 13.7 Å². The Morgan fingerprint density at radius 2 is 2.10 bits per heavy atom. The van der Waals surface area contributed by atoms with E-state index in [1.807, 2.05) is 0 Å². The molecule has 0 aliphatic heterocycles. The van der Waals surface area contributed by atoms with Gasteiger partial charge in [0.05, 0.1) is 12.0 Å². The number of ketones is 1. The first kappa shape index (κ1) is 14.5. The van der Waals surface area contributed by atoms with Crippen LogP contribution in [0.2, 0.25) is 0 Å². The summed E-state index contributed by atoms with van der Waals surface area (Å²) in [4.78, 5) is 11.5. The zero-order valence-corrected chi connectivity index (χ0v) is 12.2. The first-order chi connectivity index (χ1) is 9.40. The number of nitrogens with one attached hydrogen (secondary N) is 1. The highest BCUT2D eigenvalue weighted by molar-refractivity contribution is 7.89. The van der Waals surface area contributed by atoms with Gasteiger partial charge in [0, 0.05) is 18.9 Å². The molecule has 0 spiro atoms. The molecule has 108 valence electrons. The second-order valence-electron chi connectivity index (χ2n) is 4.18. The van der Waals surface area contributed by atoms with Crippen molar-refractivity contribution in [2.45, 2.75) is 18.7 Å². The van der Waals surface area contributed by atoms with Crippen LogP contribution in [-0.2, 0) is 10.0 Å². The summed E-state index contributed by atoms with van der Waals surface area (Å²) >= 11 is 0. The number of sulfonamides is 1. The molecule has 20 heavy (non-hydrogen) atoms. The van der Waals surface area contributed by atoms with Crippen LogP contribution >= 0.6 is 0 Å². The molecule has 2 rings (SSSR count). The van der Waals surface area contributed by atoms with Crippen LogP contribution in [-0.4, -0.2) is 27.9 Å². The lowest BCUT2D eigenvalue weighted by atomic mass is 10.2. The van der Waals surface area contributed by atoms with Gasteiger partial charge in [0.2, 0.25) is 10.0 Å². The SMILES string of the molecule is CCNS(=O)(=O)c1ccc(OC)c2oc(C(C)=O)cc12. The summed E-state index contributed by atoms with van der Waals surface area (Å²) in [5, 5.41) is 0.329. The lowest BCUT2D eigenvalue weighted by molar-refractivity contribution is 0.0989. The normalized spacial score (nSPS) is 11.8. The van der Waals surface area contributed by atoms with E-state index in [0.717, 1.165) is 0 Å². The number of furan rings is 1. The number of carbonyl (C=O) groups excluding carboxylic acids is 1. The number of benzene rings is 1. The number of Topliss-reactive ketones (excluding diaryl/α,β-unsaturated/α-hetero) is 1. The van der Waals surface area contributed by atoms with Crippen molar-refractivity contribution in [3.8, 4) is 5.75 Å². The van der Waals surface area contributed by atoms with Crippen LogP contribution in [0, 0.1) is 0 Å². The minimum absolute atomic E-state index is 0.0615. The smallest absolute Gasteiger partial charge is 0.241 e. The minimum Gasteiger partial charge on any atom is -0.493 e. The Hall–Kier alpha value is -1.86. The standard InChI is InChI=1S/C13H15NO5S/c1-4-14-20(16,17)12-6-5-10(18-3)13-9(12)7-11(19-13)8(2)15/h5-7,14H,4H2,1-3H3. The topological polar surface area (TPSA) is 85.6 Å². The van der Waals surface area contributed by atoms with E-state index in [-0.39, 0.29) is 28.6 Å². The average Bonchev–Trinajstić information content (AvgIpc) is 2.82. The van der Waals surface area contributed by atoms with E-state index < -0.39 is 10.0 Å².